The van der Waals surface area contributed by atoms with Crippen molar-refractivity contribution in [3.8, 4) is 17.0 Å². The van der Waals surface area contributed by atoms with E-state index in [1.807, 2.05) is 30.3 Å². The molecule has 8 heteroatoms. The predicted octanol–water partition coefficient (Wildman–Crippen LogP) is 3.31. The summed E-state index contributed by atoms with van der Waals surface area (Å²) in [6.07, 6.45) is 1.79. The van der Waals surface area contributed by atoms with Crippen LogP contribution in [0.3, 0.4) is 0 Å². The Kier molecular flexibility index (Phi) is 4.45. The first kappa shape index (κ1) is 17.4. The summed E-state index contributed by atoms with van der Waals surface area (Å²) in [7, 11) is 0. The highest BCUT2D eigenvalue weighted by Crippen LogP contribution is 2.28. The molecule has 0 aliphatic carbocycles. The van der Waals surface area contributed by atoms with Gasteiger partial charge in [0.2, 0.25) is 5.95 Å². The second-order valence-corrected chi connectivity index (χ2v) is 6.89. The van der Waals surface area contributed by atoms with Gasteiger partial charge in [-0.2, -0.15) is 10.1 Å². The molecule has 1 aliphatic rings. The van der Waals surface area contributed by atoms with Gasteiger partial charge in [-0.1, -0.05) is 12.1 Å². The maximum absolute atomic E-state index is 9.88. The lowest BCUT2D eigenvalue weighted by Gasteiger charge is -2.27. The quantitative estimate of drug-likeness (QED) is 0.493. The number of phenolic OH excluding ortho intramolecular Hbond substituents is 1. The van der Waals surface area contributed by atoms with Crippen LogP contribution in [0.25, 0.3) is 22.2 Å². The van der Waals surface area contributed by atoms with E-state index in [9.17, 15) is 5.11 Å². The van der Waals surface area contributed by atoms with Gasteiger partial charge >= 0.3 is 0 Å². The molecule has 8 nitrogen and oxygen atoms in total. The monoisotopic (exact) mass is 388 g/mol. The molecule has 146 valence electrons. The fraction of sp³-hybridized carbons (Fsp3) is 0.190. The van der Waals surface area contributed by atoms with Crippen LogP contribution >= 0.6 is 0 Å². The number of hydrogen-bond donors (Lipinski definition) is 3. The summed E-state index contributed by atoms with van der Waals surface area (Å²) >= 11 is 0. The average molecular weight is 388 g/mol. The number of ether oxygens (including phenoxy) is 1. The van der Waals surface area contributed by atoms with Gasteiger partial charge in [0.15, 0.2) is 0 Å². The molecule has 0 unspecified atom stereocenters. The highest BCUT2D eigenvalue weighted by atomic mass is 16.5. The molecule has 1 fully saturated rings. The highest BCUT2D eigenvalue weighted by Gasteiger charge is 2.17. The molecule has 2 aromatic carbocycles. The summed E-state index contributed by atoms with van der Waals surface area (Å²) in [6.45, 7) is 2.78. The lowest BCUT2D eigenvalue weighted by atomic mass is 10.1. The van der Waals surface area contributed by atoms with E-state index in [0.717, 1.165) is 40.9 Å². The summed E-state index contributed by atoms with van der Waals surface area (Å²) in [5.74, 6) is 1.52. The Morgan fingerprint density at radius 2 is 1.93 bits per heavy atom. The van der Waals surface area contributed by atoms with Crippen molar-refractivity contribution in [1.82, 2.24) is 20.2 Å². The molecule has 29 heavy (non-hydrogen) atoms. The minimum Gasteiger partial charge on any atom is -0.508 e. The van der Waals surface area contributed by atoms with Crippen LogP contribution in [0, 0.1) is 0 Å². The highest BCUT2D eigenvalue weighted by molar-refractivity contribution is 5.82. The Morgan fingerprint density at radius 3 is 2.79 bits per heavy atom. The summed E-state index contributed by atoms with van der Waals surface area (Å²) in [5.41, 5.74) is 3.41. The SMILES string of the molecule is Oc1cccc(-c2cc(Nc3ccc4cn[nH]c4c3)nc(N3CCOCC3)n2)c1. The zero-order valence-corrected chi connectivity index (χ0v) is 15.7. The van der Waals surface area contributed by atoms with Gasteiger partial charge in [0.25, 0.3) is 0 Å². The number of H-pyrrole nitrogens is 1. The molecule has 0 spiro atoms. The minimum atomic E-state index is 0.202. The van der Waals surface area contributed by atoms with Crippen molar-refractivity contribution in [2.75, 3.05) is 36.5 Å². The molecule has 3 N–H and O–H groups in total. The van der Waals surface area contributed by atoms with Crippen LogP contribution in [0.1, 0.15) is 0 Å². The lowest BCUT2D eigenvalue weighted by molar-refractivity contribution is 0.122. The van der Waals surface area contributed by atoms with Gasteiger partial charge in [-0.05, 0) is 30.3 Å². The minimum absolute atomic E-state index is 0.202. The fourth-order valence-electron chi connectivity index (χ4n) is 3.38. The van der Waals surface area contributed by atoms with Crippen LogP contribution in [-0.4, -0.2) is 51.6 Å². The molecule has 0 bridgehead atoms. The molecule has 1 aliphatic heterocycles. The third-order valence-electron chi connectivity index (χ3n) is 4.86. The molecule has 3 heterocycles. The van der Waals surface area contributed by atoms with Crippen LogP contribution in [-0.2, 0) is 4.74 Å². The third-order valence-corrected chi connectivity index (χ3v) is 4.86. The standard InChI is InChI=1S/C21H20N6O2/c28-17-3-1-2-14(10-17)18-12-20(25-21(24-18)27-6-8-29-9-7-27)23-16-5-4-15-13-22-26-19(15)11-16/h1-5,10-13,28H,6-9H2,(H,22,26)(H,23,24,25). The number of morpholine rings is 1. The number of rotatable bonds is 4. The molecule has 0 atom stereocenters. The number of benzene rings is 2. The molecule has 1 saturated heterocycles. The second kappa shape index (κ2) is 7.40. The number of nitrogens with one attached hydrogen (secondary N) is 2. The Hall–Kier alpha value is -3.65. The smallest absolute Gasteiger partial charge is 0.228 e. The lowest BCUT2D eigenvalue weighted by Crippen LogP contribution is -2.37. The molecular formula is C21H20N6O2. The van der Waals surface area contributed by atoms with Gasteiger partial charge in [-0.15, -0.1) is 0 Å². The summed E-state index contributed by atoms with van der Waals surface area (Å²) in [4.78, 5) is 11.6. The molecule has 4 aromatic rings. The van der Waals surface area contributed by atoms with Crippen LogP contribution in [0.4, 0.5) is 17.5 Å². The van der Waals surface area contributed by atoms with Crippen molar-refractivity contribution in [2.24, 2.45) is 0 Å². The van der Waals surface area contributed by atoms with Gasteiger partial charge < -0.3 is 20.1 Å². The van der Waals surface area contributed by atoms with E-state index >= 15 is 0 Å². The van der Waals surface area contributed by atoms with Crippen molar-refractivity contribution < 1.29 is 9.84 Å². The van der Waals surface area contributed by atoms with E-state index in [2.05, 4.69) is 20.4 Å². The molecule has 0 saturated carbocycles. The first-order chi connectivity index (χ1) is 14.2. The number of aromatic hydroxyl groups is 1. The number of aromatic nitrogens is 4. The topological polar surface area (TPSA) is 99.2 Å². The fourth-order valence-corrected chi connectivity index (χ4v) is 3.38. The summed E-state index contributed by atoms with van der Waals surface area (Å²) in [6, 6.07) is 14.9. The second-order valence-electron chi connectivity index (χ2n) is 6.89. The number of nitrogens with zero attached hydrogens (tertiary/aromatic N) is 4. The van der Waals surface area contributed by atoms with Crippen LogP contribution in [0.15, 0.2) is 54.7 Å². The average Bonchev–Trinajstić information content (AvgIpc) is 3.22. The van der Waals surface area contributed by atoms with Gasteiger partial charge in [-0.3, -0.25) is 5.10 Å². The zero-order chi connectivity index (χ0) is 19.6. The first-order valence-electron chi connectivity index (χ1n) is 9.46. The Morgan fingerprint density at radius 1 is 1.03 bits per heavy atom. The van der Waals surface area contributed by atoms with E-state index in [4.69, 9.17) is 14.7 Å². The number of hydrogen-bond acceptors (Lipinski definition) is 7. The predicted molar refractivity (Wildman–Crippen MR) is 112 cm³/mol. The number of fused-ring (bicyclic) bond motifs is 1. The Balaban J connectivity index is 1.54. The van der Waals surface area contributed by atoms with Gasteiger partial charge in [0.1, 0.15) is 11.6 Å². The normalized spacial score (nSPS) is 14.3. The summed E-state index contributed by atoms with van der Waals surface area (Å²) in [5, 5.41) is 21.3. The first-order valence-corrected chi connectivity index (χ1v) is 9.46. The molecule has 5 rings (SSSR count). The van der Waals surface area contributed by atoms with Crippen molar-refractivity contribution in [2.45, 2.75) is 0 Å². The van der Waals surface area contributed by atoms with Crippen LogP contribution < -0.4 is 10.2 Å². The van der Waals surface area contributed by atoms with E-state index in [-0.39, 0.29) is 5.75 Å². The molecular weight excluding hydrogens is 368 g/mol. The number of phenols is 1. The Bertz CT molecular complexity index is 1150. The van der Waals surface area contributed by atoms with Crippen LogP contribution in [0.5, 0.6) is 5.75 Å². The van der Waals surface area contributed by atoms with Crippen molar-refractivity contribution >= 4 is 28.4 Å². The number of anilines is 3. The van der Waals surface area contributed by atoms with Gasteiger partial charge in [-0.25, -0.2) is 4.98 Å². The maximum Gasteiger partial charge on any atom is 0.228 e. The van der Waals surface area contributed by atoms with E-state index in [0.29, 0.717) is 25.0 Å². The van der Waals surface area contributed by atoms with E-state index in [1.54, 1.807) is 24.4 Å². The van der Waals surface area contributed by atoms with Crippen molar-refractivity contribution in [1.29, 1.82) is 0 Å². The molecule has 0 amide bonds. The Labute approximate surface area is 167 Å². The maximum atomic E-state index is 9.88. The largest absolute Gasteiger partial charge is 0.508 e. The van der Waals surface area contributed by atoms with E-state index in [1.165, 1.54) is 0 Å². The van der Waals surface area contributed by atoms with Crippen molar-refractivity contribution in [3.05, 3.63) is 54.7 Å². The number of aromatic amines is 1. The zero-order valence-electron chi connectivity index (χ0n) is 15.7. The third kappa shape index (κ3) is 3.70. The van der Waals surface area contributed by atoms with E-state index < -0.39 is 0 Å². The summed E-state index contributed by atoms with van der Waals surface area (Å²) < 4.78 is 5.46. The van der Waals surface area contributed by atoms with Crippen molar-refractivity contribution in [3.63, 3.8) is 0 Å². The molecule has 2 aromatic heterocycles. The molecule has 0 radical (unpaired) electrons. The van der Waals surface area contributed by atoms with Gasteiger partial charge in [0, 0.05) is 35.8 Å². The van der Waals surface area contributed by atoms with Crippen LogP contribution in [0.2, 0.25) is 0 Å². The van der Waals surface area contributed by atoms with Gasteiger partial charge in [0.05, 0.1) is 30.6 Å².